The van der Waals surface area contributed by atoms with Crippen LogP contribution < -0.4 is 10.6 Å². The van der Waals surface area contributed by atoms with Crippen LogP contribution in [0.5, 0.6) is 0 Å². The van der Waals surface area contributed by atoms with Crippen LogP contribution in [-0.4, -0.2) is 61.2 Å². The third-order valence-electron chi connectivity index (χ3n) is 6.02. The van der Waals surface area contributed by atoms with Crippen LogP contribution in [0.1, 0.15) is 32.6 Å². The van der Waals surface area contributed by atoms with Gasteiger partial charge in [0.25, 0.3) is 0 Å². The smallest absolute Gasteiger partial charge is 0.221 e. The van der Waals surface area contributed by atoms with E-state index < -0.39 is 0 Å². The molecule has 0 radical (unpaired) electrons. The van der Waals surface area contributed by atoms with Crippen LogP contribution in [0.3, 0.4) is 0 Å². The average Bonchev–Trinajstić information content (AvgIpc) is 2.80. The molecule has 8 nitrogen and oxygen atoms in total. The Balaban J connectivity index is 1.21. The highest BCUT2D eigenvalue weighted by Gasteiger charge is 2.22. The molecule has 0 unspecified atom stereocenters. The Kier molecular flexibility index (Phi) is 8.25. The van der Waals surface area contributed by atoms with Gasteiger partial charge in [0.2, 0.25) is 5.96 Å². The molecule has 2 fully saturated rings. The van der Waals surface area contributed by atoms with Gasteiger partial charge < -0.3 is 20.1 Å². The van der Waals surface area contributed by atoms with Crippen molar-refractivity contribution in [3.63, 3.8) is 0 Å². The third kappa shape index (κ3) is 6.72. The summed E-state index contributed by atoms with van der Waals surface area (Å²) in [5.74, 6) is 1.97. The summed E-state index contributed by atoms with van der Waals surface area (Å²) in [4.78, 5) is 17.2. The molecule has 1 saturated carbocycles. The van der Waals surface area contributed by atoms with Crippen LogP contribution in [0.2, 0.25) is 5.15 Å². The van der Waals surface area contributed by atoms with Crippen molar-refractivity contribution in [1.29, 1.82) is 0 Å². The molecule has 4 rings (SSSR count). The second kappa shape index (κ2) is 11.5. The maximum atomic E-state index is 6.19. The number of pyridine rings is 2. The lowest BCUT2D eigenvalue weighted by Gasteiger charge is -2.29. The zero-order valence-electron chi connectivity index (χ0n) is 19.0. The molecule has 2 aromatic rings. The van der Waals surface area contributed by atoms with Gasteiger partial charge in [-0.2, -0.15) is 0 Å². The number of rotatable bonds is 8. The summed E-state index contributed by atoms with van der Waals surface area (Å²) < 4.78 is 10.8. The average molecular weight is 471 g/mol. The minimum absolute atomic E-state index is 0.212. The number of hydrogen-bond donors (Lipinski definition) is 2. The number of guanidine groups is 1. The summed E-state index contributed by atoms with van der Waals surface area (Å²) >= 11 is 6.19. The van der Waals surface area contributed by atoms with E-state index in [1.807, 2.05) is 25.1 Å². The van der Waals surface area contributed by atoms with E-state index in [1.165, 1.54) is 0 Å². The molecular weight excluding hydrogens is 440 g/mol. The number of fused-ring (bicyclic) bond motifs is 1. The van der Waals surface area contributed by atoms with Crippen molar-refractivity contribution in [2.75, 3.05) is 31.7 Å². The lowest BCUT2D eigenvalue weighted by molar-refractivity contribution is -0.124. The van der Waals surface area contributed by atoms with Crippen molar-refractivity contribution < 1.29 is 9.47 Å². The summed E-state index contributed by atoms with van der Waals surface area (Å²) in [6.07, 6.45) is 8.11. The van der Waals surface area contributed by atoms with Crippen molar-refractivity contribution in [2.45, 2.75) is 44.8 Å². The van der Waals surface area contributed by atoms with Gasteiger partial charge in [0.1, 0.15) is 17.4 Å². The Hall–Kier alpha value is -2.55. The fourth-order valence-electron chi connectivity index (χ4n) is 3.96. The van der Waals surface area contributed by atoms with Gasteiger partial charge in [-0.15, -0.1) is 0 Å². The van der Waals surface area contributed by atoms with Gasteiger partial charge in [-0.3, -0.25) is 0 Å². The molecule has 1 aliphatic carbocycles. The number of anilines is 1. The van der Waals surface area contributed by atoms with Crippen LogP contribution in [0, 0.1) is 5.92 Å². The summed E-state index contributed by atoms with van der Waals surface area (Å²) in [5.41, 5.74) is 1.77. The molecule has 0 amide bonds. The molecule has 0 atom stereocenters. The number of halogens is 1. The van der Waals surface area contributed by atoms with E-state index in [1.54, 1.807) is 12.4 Å². The molecule has 1 saturated heterocycles. The van der Waals surface area contributed by atoms with Crippen LogP contribution in [0.4, 0.5) is 5.82 Å². The molecule has 0 bridgehead atoms. The highest BCUT2D eigenvalue weighted by atomic mass is 35.5. The Bertz CT molecular complexity index is 1020. The predicted molar refractivity (Wildman–Crippen MR) is 133 cm³/mol. The van der Waals surface area contributed by atoms with Gasteiger partial charge in [-0.05, 0) is 69.0 Å². The van der Waals surface area contributed by atoms with Gasteiger partial charge in [-0.25, -0.2) is 20.0 Å². The standard InChI is InChI=1S/C24H31ClN6O2/c1-16(13-33-20-14-32-15-20)11-28-24(26-2)29-12-17-3-6-19(7-4-17)30-21-8-5-18-9-10-27-23(25)22(18)31-21/h5,8-11,17,19-20H,2-4,6-7,12-15H2,1H3,(H,28,29)(H,30,31)/b16-11+. The van der Waals surface area contributed by atoms with E-state index in [0.717, 1.165) is 54.5 Å². The molecule has 9 heteroatoms. The molecular formula is C24H31ClN6O2. The van der Waals surface area contributed by atoms with Crippen LogP contribution in [0.15, 0.2) is 46.2 Å². The van der Waals surface area contributed by atoms with E-state index in [-0.39, 0.29) is 6.10 Å². The van der Waals surface area contributed by atoms with Crippen LogP contribution >= 0.6 is 11.6 Å². The lowest BCUT2D eigenvalue weighted by Crippen LogP contribution is -2.36. The minimum atomic E-state index is 0.212. The highest BCUT2D eigenvalue weighted by molar-refractivity contribution is 6.33. The normalized spacial score (nSPS) is 22.1. The Morgan fingerprint density at radius 3 is 2.82 bits per heavy atom. The largest absolute Gasteiger partial charge is 0.376 e. The van der Waals surface area contributed by atoms with Crippen LogP contribution in [0.25, 0.3) is 10.9 Å². The number of ether oxygens (including phenoxy) is 2. The minimum Gasteiger partial charge on any atom is -0.376 e. The molecule has 0 aromatic carbocycles. The Labute approximate surface area is 199 Å². The topological polar surface area (TPSA) is 93.0 Å². The van der Waals surface area contributed by atoms with E-state index >= 15 is 0 Å². The first kappa shape index (κ1) is 23.6. The number of nitrogens with zero attached hydrogens (tertiary/aromatic N) is 4. The second-order valence-corrected chi connectivity index (χ2v) is 9.03. The van der Waals surface area contributed by atoms with Gasteiger partial charge in [0.15, 0.2) is 5.15 Å². The highest BCUT2D eigenvalue weighted by Crippen LogP contribution is 2.27. The van der Waals surface area contributed by atoms with Gasteiger partial charge in [-0.1, -0.05) is 11.6 Å². The quantitative estimate of drug-likeness (QED) is 0.341. The molecule has 1 aliphatic heterocycles. The zero-order chi connectivity index (χ0) is 23.0. The number of nitrogens with one attached hydrogen (secondary N) is 2. The zero-order valence-corrected chi connectivity index (χ0v) is 19.7. The fraction of sp³-hybridized carbons (Fsp3) is 0.500. The van der Waals surface area contributed by atoms with Gasteiger partial charge in [0, 0.05) is 30.4 Å². The first-order valence-corrected chi connectivity index (χ1v) is 11.8. The second-order valence-electron chi connectivity index (χ2n) is 8.67. The van der Waals surface area contributed by atoms with E-state index in [0.29, 0.717) is 42.9 Å². The summed E-state index contributed by atoms with van der Waals surface area (Å²) in [7, 11) is 0. The van der Waals surface area contributed by atoms with Crippen molar-refractivity contribution in [3.05, 3.63) is 41.3 Å². The number of aromatic nitrogens is 2. The molecule has 2 aromatic heterocycles. The van der Waals surface area contributed by atoms with Crippen molar-refractivity contribution >= 4 is 41.0 Å². The first-order chi connectivity index (χ1) is 16.1. The van der Waals surface area contributed by atoms with E-state index in [9.17, 15) is 0 Å². The number of hydrogen-bond acceptors (Lipinski definition) is 6. The molecule has 3 heterocycles. The van der Waals surface area contributed by atoms with Crippen molar-refractivity contribution in [3.8, 4) is 0 Å². The molecule has 2 aliphatic rings. The SMILES string of the molecule is C=N/C(=N\C=C(/C)COC1COC1)NCC1CCC(Nc2ccc3ccnc(Cl)c3n2)CC1. The molecule has 0 spiro atoms. The Morgan fingerprint density at radius 1 is 1.27 bits per heavy atom. The van der Waals surface area contributed by atoms with Crippen molar-refractivity contribution in [1.82, 2.24) is 15.3 Å². The molecule has 33 heavy (non-hydrogen) atoms. The van der Waals surface area contributed by atoms with Gasteiger partial charge >= 0.3 is 0 Å². The molecule has 2 N–H and O–H groups in total. The monoisotopic (exact) mass is 470 g/mol. The lowest BCUT2D eigenvalue weighted by atomic mass is 9.86. The first-order valence-electron chi connectivity index (χ1n) is 11.4. The Morgan fingerprint density at radius 2 is 2.09 bits per heavy atom. The number of aliphatic imine (C=N–C) groups is 2. The maximum Gasteiger partial charge on any atom is 0.221 e. The van der Waals surface area contributed by atoms with Gasteiger partial charge in [0.05, 0.1) is 19.8 Å². The fourth-order valence-corrected chi connectivity index (χ4v) is 4.17. The summed E-state index contributed by atoms with van der Waals surface area (Å²) in [5, 5.41) is 8.32. The maximum absolute atomic E-state index is 6.19. The summed E-state index contributed by atoms with van der Waals surface area (Å²) in [6, 6.07) is 6.35. The molecule has 176 valence electrons. The predicted octanol–water partition coefficient (Wildman–Crippen LogP) is 4.22. The summed E-state index contributed by atoms with van der Waals surface area (Å²) in [6.45, 7) is 8.37. The van der Waals surface area contributed by atoms with Crippen LogP contribution in [-0.2, 0) is 9.47 Å². The third-order valence-corrected chi connectivity index (χ3v) is 6.30. The van der Waals surface area contributed by atoms with E-state index in [2.05, 4.69) is 37.3 Å². The van der Waals surface area contributed by atoms with E-state index in [4.69, 9.17) is 21.1 Å². The van der Waals surface area contributed by atoms with Crippen molar-refractivity contribution in [2.24, 2.45) is 15.9 Å².